The lowest BCUT2D eigenvalue weighted by molar-refractivity contribution is -0.274. The van der Waals surface area contributed by atoms with Gasteiger partial charge in [-0.1, -0.05) is 6.07 Å². The molecule has 0 aliphatic rings. The van der Waals surface area contributed by atoms with Crippen LogP contribution in [0.4, 0.5) is 32.0 Å². The van der Waals surface area contributed by atoms with Crippen molar-refractivity contribution in [3.05, 3.63) is 24.3 Å². The van der Waals surface area contributed by atoms with E-state index in [9.17, 15) is 31.1 Å². The maximum Gasteiger partial charge on any atom is 0.573 e. The third kappa shape index (κ3) is 4.96. The molecule has 3 N–H and O–H groups in total. The summed E-state index contributed by atoms with van der Waals surface area (Å²) in [6.07, 6.45) is -9.91. The third-order valence-corrected chi connectivity index (χ3v) is 1.97. The fourth-order valence-electron chi connectivity index (χ4n) is 1.14. The van der Waals surface area contributed by atoms with E-state index in [0.717, 1.165) is 18.2 Å². The summed E-state index contributed by atoms with van der Waals surface area (Å²) in [5.41, 5.74) is 4.32. The van der Waals surface area contributed by atoms with Crippen molar-refractivity contribution in [3.8, 4) is 5.75 Å². The monoisotopic (exact) mass is 302 g/mol. The molecule has 1 rings (SSSR count). The average molecular weight is 302 g/mol. The van der Waals surface area contributed by atoms with E-state index < -0.39 is 30.2 Å². The molecule has 1 atom stereocenters. The van der Waals surface area contributed by atoms with Gasteiger partial charge in [-0.25, -0.2) is 0 Å². The summed E-state index contributed by atoms with van der Waals surface area (Å²) in [5.74, 6) is -2.28. The van der Waals surface area contributed by atoms with E-state index >= 15 is 0 Å². The number of halogens is 6. The normalized spacial score (nSPS) is 13.8. The first kappa shape index (κ1) is 16.1. The molecule has 0 aromatic heterocycles. The Hall–Kier alpha value is -1.97. The molecule has 4 nitrogen and oxygen atoms in total. The van der Waals surface area contributed by atoms with Crippen molar-refractivity contribution in [1.82, 2.24) is 0 Å². The van der Waals surface area contributed by atoms with Gasteiger partial charge in [-0.2, -0.15) is 13.2 Å². The van der Waals surface area contributed by atoms with E-state index in [-0.39, 0.29) is 5.69 Å². The fraction of sp³-hybridized carbons (Fsp3) is 0.300. The van der Waals surface area contributed by atoms with Crippen molar-refractivity contribution in [1.29, 1.82) is 0 Å². The van der Waals surface area contributed by atoms with Crippen LogP contribution >= 0.6 is 0 Å². The largest absolute Gasteiger partial charge is 0.573 e. The van der Waals surface area contributed by atoms with Gasteiger partial charge in [0.1, 0.15) is 5.75 Å². The molecule has 0 saturated carbocycles. The third-order valence-electron chi connectivity index (χ3n) is 1.97. The van der Waals surface area contributed by atoms with E-state index in [4.69, 9.17) is 0 Å². The summed E-state index contributed by atoms with van der Waals surface area (Å²) in [6, 6.07) is 1.01. The minimum atomic E-state index is -4.95. The molecule has 1 aromatic rings. The van der Waals surface area contributed by atoms with Gasteiger partial charge < -0.3 is 15.8 Å². The topological polar surface area (TPSA) is 64.4 Å². The Morgan fingerprint density at radius 2 is 1.80 bits per heavy atom. The van der Waals surface area contributed by atoms with Crippen LogP contribution in [0.25, 0.3) is 0 Å². The minimum Gasteiger partial charge on any atom is -0.406 e. The summed E-state index contributed by atoms with van der Waals surface area (Å²) in [5, 5.41) is 1.74. The molecule has 0 heterocycles. The predicted molar refractivity (Wildman–Crippen MR) is 55.8 cm³/mol. The maximum atomic E-state index is 12.1. The van der Waals surface area contributed by atoms with Gasteiger partial charge in [-0.3, -0.25) is 4.79 Å². The minimum absolute atomic E-state index is 0.309. The Labute approximate surface area is 108 Å². The Bertz CT molecular complexity index is 485. The highest BCUT2D eigenvalue weighted by Gasteiger charge is 2.42. The highest BCUT2D eigenvalue weighted by molar-refractivity contribution is 5.95. The molecule has 0 fully saturated rings. The van der Waals surface area contributed by atoms with Gasteiger partial charge in [0.05, 0.1) is 0 Å². The van der Waals surface area contributed by atoms with Crippen LogP contribution in [-0.2, 0) is 4.79 Å². The molecule has 0 aliphatic heterocycles. The Kier molecular flexibility index (Phi) is 4.48. The second-order valence-electron chi connectivity index (χ2n) is 3.58. The summed E-state index contributed by atoms with van der Waals surface area (Å²) in [6.45, 7) is 0. The maximum absolute atomic E-state index is 12.1. The number of alkyl halides is 6. The van der Waals surface area contributed by atoms with E-state index in [1.165, 1.54) is 0 Å². The van der Waals surface area contributed by atoms with Crippen molar-refractivity contribution < 1.29 is 35.9 Å². The van der Waals surface area contributed by atoms with Gasteiger partial charge in [0.15, 0.2) is 6.04 Å². The molecular weight excluding hydrogens is 294 g/mol. The number of nitrogens with one attached hydrogen (secondary N) is 1. The van der Waals surface area contributed by atoms with Gasteiger partial charge in [-0.15, -0.1) is 13.2 Å². The highest BCUT2D eigenvalue weighted by Crippen LogP contribution is 2.25. The fourth-order valence-corrected chi connectivity index (χ4v) is 1.14. The number of hydrogen-bond acceptors (Lipinski definition) is 3. The number of ether oxygens (including phenoxy) is 1. The molecule has 20 heavy (non-hydrogen) atoms. The Morgan fingerprint density at radius 3 is 2.30 bits per heavy atom. The number of nitrogens with two attached hydrogens (primary N) is 1. The molecule has 112 valence electrons. The van der Waals surface area contributed by atoms with Gasteiger partial charge in [0.2, 0.25) is 0 Å². The lowest BCUT2D eigenvalue weighted by Gasteiger charge is -2.15. The zero-order valence-corrected chi connectivity index (χ0v) is 9.55. The number of hydrogen-bond donors (Lipinski definition) is 2. The first-order valence-electron chi connectivity index (χ1n) is 4.98. The summed E-state index contributed by atoms with van der Waals surface area (Å²) in [4.78, 5) is 11.1. The van der Waals surface area contributed by atoms with Crippen molar-refractivity contribution >= 4 is 11.6 Å². The van der Waals surface area contributed by atoms with E-state index in [0.29, 0.717) is 6.07 Å². The van der Waals surface area contributed by atoms with Gasteiger partial charge in [0, 0.05) is 11.8 Å². The van der Waals surface area contributed by atoms with Crippen LogP contribution in [0.2, 0.25) is 0 Å². The number of amides is 1. The van der Waals surface area contributed by atoms with Crippen LogP contribution < -0.4 is 15.8 Å². The first-order valence-corrected chi connectivity index (χ1v) is 4.98. The van der Waals surface area contributed by atoms with Crippen LogP contribution in [0.1, 0.15) is 0 Å². The number of carbonyl (C=O) groups excluding carboxylic acids is 1. The number of benzene rings is 1. The van der Waals surface area contributed by atoms with Crippen molar-refractivity contribution in [2.24, 2.45) is 5.73 Å². The summed E-state index contributed by atoms with van der Waals surface area (Å²) < 4.78 is 75.8. The smallest absolute Gasteiger partial charge is 0.406 e. The molecule has 0 saturated heterocycles. The van der Waals surface area contributed by atoms with Gasteiger partial charge in [-0.05, 0) is 12.1 Å². The zero-order chi connectivity index (χ0) is 15.6. The molecule has 1 amide bonds. The first-order chi connectivity index (χ1) is 8.99. The van der Waals surface area contributed by atoms with Crippen molar-refractivity contribution in [2.75, 3.05) is 5.32 Å². The number of rotatable bonds is 3. The van der Waals surface area contributed by atoms with Crippen molar-refractivity contribution in [3.63, 3.8) is 0 Å². The van der Waals surface area contributed by atoms with Crippen LogP contribution in [-0.4, -0.2) is 24.5 Å². The van der Waals surface area contributed by atoms with Crippen LogP contribution in [0.15, 0.2) is 24.3 Å². The molecule has 0 bridgehead atoms. The van der Waals surface area contributed by atoms with Gasteiger partial charge in [0.25, 0.3) is 5.91 Å². The highest BCUT2D eigenvalue weighted by atomic mass is 19.4. The second kappa shape index (κ2) is 5.57. The SMILES string of the molecule is NC(C(=O)Nc1cccc(OC(F)(F)F)c1)C(F)(F)F. The predicted octanol–water partition coefficient (Wildman–Crippen LogP) is 2.41. The molecule has 10 heteroatoms. The Morgan fingerprint density at radius 1 is 1.20 bits per heavy atom. The average Bonchev–Trinajstić information content (AvgIpc) is 2.24. The molecular formula is C10H8F6N2O2. The lowest BCUT2D eigenvalue weighted by Crippen LogP contribution is -2.47. The van der Waals surface area contributed by atoms with Crippen LogP contribution in [0.5, 0.6) is 5.75 Å². The zero-order valence-electron chi connectivity index (χ0n) is 9.55. The lowest BCUT2D eigenvalue weighted by atomic mass is 10.2. The molecule has 1 unspecified atom stereocenters. The molecule has 0 radical (unpaired) electrons. The summed E-state index contributed by atoms with van der Waals surface area (Å²) >= 11 is 0. The number of carbonyl (C=O) groups is 1. The molecule has 1 aromatic carbocycles. The standard InChI is InChI=1S/C10H8F6N2O2/c11-9(12,13)7(17)8(19)18-5-2-1-3-6(4-5)20-10(14,15)16/h1-4,7H,17H2,(H,18,19). The van der Waals surface area contributed by atoms with Crippen molar-refractivity contribution in [2.45, 2.75) is 18.6 Å². The Balaban J connectivity index is 2.79. The van der Waals surface area contributed by atoms with Crippen LogP contribution in [0.3, 0.4) is 0 Å². The van der Waals surface area contributed by atoms with E-state index in [2.05, 4.69) is 10.5 Å². The molecule has 0 spiro atoms. The second-order valence-corrected chi connectivity index (χ2v) is 3.58. The van der Waals surface area contributed by atoms with Crippen LogP contribution in [0, 0.1) is 0 Å². The van der Waals surface area contributed by atoms with E-state index in [1.807, 2.05) is 0 Å². The quantitative estimate of drug-likeness (QED) is 0.843. The molecule has 0 aliphatic carbocycles. The van der Waals surface area contributed by atoms with E-state index in [1.54, 1.807) is 5.32 Å². The summed E-state index contributed by atoms with van der Waals surface area (Å²) in [7, 11) is 0. The van der Waals surface area contributed by atoms with Gasteiger partial charge >= 0.3 is 12.5 Å². The number of anilines is 1.